The second kappa shape index (κ2) is 4.93. The maximum atomic E-state index is 10.6. The molecular formula is C9H9N3O3. The quantitative estimate of drug-likeness (QED) is 0.424. The molecule has 0 unspecified atom stereocenters. The lowest BCUT2D eigenvalue weighted by Crippen LogP contribution is -2.08. The highest BCUT2D eigenvalue weighted by molar-refractivity contribution is 5.86. The molecule has 6 heteroatoms. The van der Waals surface area contributed by atoms with Gasteiger partial charge in [-0.15, -0.1) is 6.42 Å². The van der Waals surface area contributed by atoms with Gasteiger partial charge in [0.2, 0.25) is 0 Å². The standard InChI is InChI=1S/C9H9N3O3/c1-3-4-15-12-8-5-7(9(13)14)10-6(2)11-8/h1,5H,4H2,2H3,(H,13,14)(H,10,11,12). The molecule has 1 rings (SSSR count). The zero-order valence-electron chi connectivity index (χ0n) is 8.02. The lowest BCUT2D eigenvalue weighted by molar-refractivity contribution is 0.0690. The normalized spacial score (nSPS) is 9.33. The van der Waals surface area contributed by atoms with E-state index >= 15 is 0 Å². The number of rotatable bonds is 4. The summed E-state index contributed by atoms with van der Waals surface area (Å²) < 4.78 is 0. The first-order valence-electron chi connectivity index (χ1n) is 4.03. The Morgan fingerprint density at radius 3 is 3.07 bits per heavy atom. The number of aryl methyl sites for hydroxylation is 1. The minimum atomic E-state index is -1.12. The average molecular weight is 207 g/mol. The van der Waals surface area contributed by atoms with E-state index in [2.05, 4.69) is 21.4 Å². The second-order valence-corrected chi connectivity index (χ2v) is 2.59. The number of carbonyl (C=O) groups is 1. The number of nitrogens with one attached hydrogen (secondary N) is 1. The molecule has 1 aromatic heterocycles. The molecule has 0 aliphatic rings. The monoisotopic (exact) mass is 207 g/mol. The SMILES string of the molecule is C#CCONc1cc(C(=O)O)nc(C)n1. The Morgan fingerprint density at radius 2 is 2.47 bits per heavy atom. The van der Waals surface area contributed by atoms with E-state index in [9.17, 15) is 4.79 Å². The summed E-state index contributed by atoms with van der Waals surface area (Å²) in [6.07, 6.45) is 4.96. The lowest BCUT2D eigenvalue weighted by atomic mass is 10.4. The Kier molecular flexibility index (Phi) is 3.60. The highest BCUT2D eigenvalue weighted by Crippen LogP contribution is 2.06. The van der Waals surface area contributed by atoms with E-state index < -0.39 is 5.97 Å². The number of hydrogen-bond donors (Lipinski definition) is 2. The number of terminal acetylenes is 1. The fraction of sp³-hybridized carbons (Fsp3) is 0.222. The maximum absolute atomic E-state index is 10.6. The predicted molar refractivity (Wildman–Crippen MR) is 52.1 cm³/mol. The first-order valence-corrected chi connectivity index (χ1v) is 4.03. The summed E-state index contributed by atoms with van der Waals surface area (Å²) in [5.74, 6) is 1.72. The van der Waals surface area contributed by atoms with Gasteiger partial charge in [-0.25, -0.2) is 20.2 Å². The highest BCUT2D eigenvalue weighted by Gasteiger charge is 2.07. The molecule has 78 valence electrons. The predicted octanol–water partition coefficient (Wildman–Crippen LogP) is 0.460. The molecule has 0 spiro atoms. The summed E-state index contributed by atoms with van der Waals surface area (Å²) in [7, 11) is 0. The average Bonchev–Trinajstić information content (AvgIpc) is 2.17. The molecule has 0 aromatic carbocycles. The molecule has 1 aromatic rings. The van der Waals surface area contributed by atoms with Crippen LogP contribution in [-0.4, -0.2) is 27.7 Å². The van der Waals surface area contributed by atoms with Crippen molar-refractivity contribution < 1.29 is 14.7 Å². The van der Waals surface area contributed by atoms with Crippen molar-refractivity contribution >= 4 is 11.8 Å². The first-order chi connectivity index (χ1) is 7.13. The fourth-order valence-electron chi connectivity index (χ4n) is 0.881. The van der Waals surface area contributed by atoms with Crippen LogP contribution in [0.1, 0.15) is 16.3 Å². The zero-order chi connectivity index (χ0) is 11.3. The third-order valence-electron chi connectivity index (χ3n) is 1.39. The molecular weight excluding hydrogens is 198 g/mol. The van der Waals surface area contributed by atoms with E-state index in [-0.39, 0.29) is 18.1 Å². The molecule has 0 bridgehead atoms. The van der Waals surface area contributed by atoms with Crippen molar-refractivity contribution in [2.75, 3.05) is 12.1 Å². The molecule has 0 fully saturated rings. The first kappa shape index (κ1) is 10.9. The fourth-order valence-corrected chi connectivity index (χ4v) is 0.881. The van der Waals surface area contributed by atoms with Crippen LogP contribution in [0.3, 0.4) is 0 Å². The van der Waals surface area contributed by atoms with Crippen LogP contribution in [0, 0.1) is 19.3 Å². The summed E-state index contributed by atoms with van der Waals surface area (Å²) in [4.78, 5) is 23.1. The number of carboxylic acid groups (broad SMARTS) is 1. The number of anilines is 1. The number of aromatic carboxylic acids is 1. The van der Waals surface area contributed by atoms with E-state index in [1.807, 2.05) is 0 Å². The van der Waals surface area contributed by atoms with E-state index in [1.165, 1.54) is 6.07 Å². The van der Waals surface area contributed by atoms with Crippen LogP contribution in [0.25, 0.3) is 0 Å². The van der Waals surface area contributed by atoms with Gasteiger partial charge in [0.15, 0.2) is 11.5 Å². The zero-order valence-corrected chi connectivity index (χ0v) is 8.02. The van der Waals surface area contributed by atoms with Gasteiger partial charge in [0.25, 0.3) is 0 Å². The largest absolute Gasteiger partial charge is 0.477 e. The molecule has 0 radical (unpaired) electrons. The van der Waals surface area contributed by atoms with Gasteiger partial charge in [0, 0.05) is 6.07 Å². The number of aromatic nitrogens is 2. The van der Waals surface area contributed by atoms with E-state index in [1.54, 1.807) is 6.92 Å². The van der Waals surface area contributed by atoms with Gasteiger partial charge in [-0.1, -0.05) is 5.92 Å². The highest BCUT2D eigenvalue weighted by atomic mass is 16.6. The Bertz CT molecular complexity index is 412. The molecule has 6 nitrogen and oxygen atoms in total. The number of hydrogen-bond acceptors (Lipinski definition) is 5. The van der Waals surface area contributed by atoms with Gasteiger partial charge in [-0.05, 0) is 6.92 Å². The summed E-state index contributed by atoms with van der Waals surface area (Å²) in [6, 6.07) is 1.26. The van der Waals surface area contributed by atoms with Crippen molar-refractivity contribution in [2.45, 2.75) is 6.92 Å². The van der Waals surface area contributed by atoms with Crippen molar-refractivity contribution in [1.82, 2.24) is 9.97 Å². The second-order valence-electron chi connectivity index (χ2n) is 2.59. The van der Waals surface area contributed by atoms with Crippen molar-refractivity contribution in [1.29, 1.82) is 0 Å². The Hall–Kier alpha value is -2.13. The van der Waals surface area contributed by atoms with E-state index in [0.717, 1.165) is 0 Å². The van der Waals surface area contributed by atoms with Crippen LogP contribution < -0.4 is 5.48 Å². The molecule has 15 heavy (non-hydrogen) atoms. The Labute approximate surface area is 86.3 Å². The molecule has 2 N–H and O–H groups in total. The summed E-state index contributed by atoms with van der Waals surface area (Å²) >= 11 is 0. The number of nitrogens with zero attached hydrogens (tertiary/aromatic N) is 2. The Balaban J connectivity index is 2.80. The van der Waals surface area contributed by atoms with Gasteiger partial charge < -0.3 is 5.11 Å². The minimum absolute atomic E-state index is 0.0610. The topological polar surface area (TPSA) is 84.3 Å². The molecule has 0 aliphatic heterocycles. The van der Waals surface area contributed by atoms with Crippen molar-refractivity contribution in [3.8, 4) is 12.3 Å². The van der Waals surface area contributed by atoms with Crippen LogP contribution in [0.15, 0.2) is 6.07 Å². The van der Waals surface area contributed by atoms with Crippen LogP contribution in [0.2, 0.25) is 0 Å². The van der Waals surface area contributed by atoms with Crippen LogP contribution in [-0.2, 0) is 4.84 Å². The molecule has 0 saturated heterocycles. The van der Waals surface area contributed by atoms with Crippen molar-refractivity contribution in [3.05, 3.63) is 17.6 Å². The van der Waals surface area contributed by atoms with Crippen LogP contribution in [0.4, 0.5) is 5.82 Å². The van der Waals surface area contributed by atoms with Gasteiger partial charge in [0.05, 0.1) is 0 Å². The van der Waals surface area contributed by atoms with Crippen LogP contribution in [0.5, 0.6) is 0 Å². The van der Waals surface area contributed by atoms with E-state index in [0.29, 0.717) is 5.82 Å². The van der Waals surface area contributed by atoms with Crippen molar-refractivity contribution in [2.24, 2.45) is 0 Å². The summed E-state index contributed by atoms with van der Waals surface area (Å²) in [5, 5.41) is 8.71. The minimum Gasteiger partial charge on any atom is -0.477 e. The third-order valence-corrected chi connectivity index (χ3v) is 1.39. The maximum Gasteiger partial charge on any atom is 0.354 e. The van der Waals surface area contributed by atoms with Gasteiger partial charge in [-0.3, -0.25) is 4.84 Å². The molecule has 0 aliphatic carbocycles. The summed E-state index contributed by atoms with van der Waals surface area (Å²) in [5.41, 5.74) is 2.32. The molecule has 0 saturated carbocycles. The van der Waals surface area contributed by atoms with Crippen LogP contribution >= 0.6 is 0 Å². The third kappa shape index (κ3) is 3.25. The molecule has 0 amide bonds. The smallest absolute Gasteiger partial charge is 0.354 e. The number of carboxylic acids is 1. The summed E-state index contributed by atoms with van der Waals surface area (Å²) in [6.45, 7) is 1.64. The van der Waals surface area contributed by atoms with Gasteiger partial charge in [0.1, 0.15) is 12.4 Å². The van der Waals surface area contributed by atoms with Gasteiger partial charge >= 0.3 is 5.97 Å². The van der Waals surface area contributed by atoms with E-state index in [4.69, 9.17) is 16.4 Å². The van der Waals surface area contributed by atoms with Crippen molar-refractivity contribution in [3.63, 3.8) is 0 Å². The molecule has 0 atom stereocenters. The van der Waals surface area contributed by atoms with Gasteiger partial charge in [-0.2, -0.15) is 0 Å². The molecule has 1 heterocycles. The Morgan fingerprint density at radius 1 is 1.73 bits per heavy atom. The lowest BCUT2D eigenvalue weighted by Gasteiger charge is -2.04.